The summed E-state index contributed by atoms with van der Waals surface area (Å²) in [7, 11) is 1.70. The fourth-order valence-corrected chi connectivity index (χ4v) is 4.44. The Hall–Kier alpha value is -2.29. The van der Waals surface area contributed by atoms with Gasteiger partial charge in [-0.25, -0.2) is 0 Å². The summed E-state index contributed by atoms with van der Waals surface area (Å²) in [6, 6.07) is 5.65. The average Bonchev–Trinajstić information content (AvgIpc) is 3.36. The van der Waals surface area contributed by atoms with Gasteiger partial charge in [-0.05, 0) is 37.3 Å². The predicted octanol–water partition coefficient (Wildman–Crippen LogP) is 2.64. The van der Waals surface area contributed by atoms with E-state index in [0.29, 0.717) is 39.3 Å². The van der Waals surface area contributed by atoms with Crippen LogP contribution in [-0.2, 0) is 21.1 Å². The van der Waals surface area contributed by atoms with Crippen LogP contribution in [0.5, 0.6) is 0 Å². The molecule has 3 aliphatic rings. The van der Waals surface area contributed by atoms with Crippen LogP contribution in [0.1, 0.15) is 36.8 Å². The summed E-state index contributed by atoms with van der Waals surface area (Å²) in [5.74, 6) is 0.795. The molecule has 6 nitrogen and oxygen atoms in total. The van der Waals surface area contributed by atoms with E-state index in [4.69, 9.17) is 4.74 Å². The smallest absolute Gasteiger partial charge is 0.368 e. The van der Waals surface area contributed by atoms with Crippen LogP contribution in [0.2, 0.25) is 0 Å². The van der Waals surface area contributed by atoms with Gasteiger partial charge in [-0.15, -0.1) is 0 Å². The molecule has 2 aliphatic heterocycles. The molecule has 1 atom stereocenters. The van der Waals surface area contributed by atoms with E-state index in [0.717, 1.165) is 43.3 Å². The SMILES string of the molecule is CN=C(NCC1(c2cccc(C(F)(F)F)c2)CC1)N1CCN(C(=O)C2CCCO2)CC1. The third-order valence-electron chi connectivity index (χ3n) is 6.55. The van der Waals surface area contributed by atoms with Gasteiger partial charge in [-0.3, -0.25) is 9.79 Å². The standard InChI is InChI=1S/C22H29F3N4O2/c1-26-20(29-11-9-28(10-12-29)19(30)18-6-3-13-31-18)27-15-21(7-8-21)16-4-2-5-17(14-16)22(23,24)25/h2,4-5,14,18H,3,6-13,15H2,1H3,(H,26,27). The molecule has 0 radical (unpaired) electrons. The van der Waals surface area contributed by atoms with Gasteiger partial charge in [-0.2, -0.15) is 13.2 Å². The molecule has 2 saturated heterocycles. The fraction of sp³-hybridized carbons (Fsp3) is 0.636. The molecule has 4 rings (SSSR count). The molecular formula is C22H29F3N4O2. The van der Waals surface area contributed by atoms with Gasteiger partial charge in [0.15, 0.2) is 5.96 Å². The number of piperazine rings is 1. The van der Waals surface area contributed by atoms with Crippen LogP contribution in [-0.4, -0.2) is 74.1 Å². The third-order valence-corrected chi connectivity index (χ3v) is 6.55. The van der Waals surface area contributed by atoms with Crippen molar-refractivity contribution in [3.8, 4) is 0 Å². The van der Waals surface area contributed by atoms with Crippen molar-refractivity contribution in [2.45, 2.75) is 43.4 Å². The van der Waals surface area contributed by atoms with E-state index >= 15 is 0 Å². The molecule has 1 aliphatic carbocycles. The fourth-order valence-electron chi connectivity index (χ4n) is 4.44. The molecular weight excluding hydrogens is 409 g/mol. The summed E-state index contributed by atoms with van der Waals surface area (Å²) in [5.41, 5.74) is -0.167. The number of ether oxygens (including phenoxy) is 1. The maximum Gasteiger partial charge on any atom is 0.416 e. The van der Waals surface area contributed by atoms with Crippen LogP contribution >= 0.6 is 0 Å². The third kappa shape index (κ3) is 4.81. The van der Waals surface area contributed by atoms with Crippen LogP contribution in [0, 0.1) is 0 Å². The van der Waals surface area contributed by atoms with E-state index in [2.05, 4.69) is 15.2 Å². The number of carbonyl (C=O) groups excluding carboxylic acids is 1. The molecule has 9 heteroatoms. The lowest BCUT2D eigenvalue weighted by Gasteiger charge is -2.37. The number of amides is 1. The number of halogens is 3. The summed E-state index contributed by atoms with van der Waals surface area (Å²) < 4.78 is 44.8. The minimum absolute atomic E-state index is 0.0709. The lowest BCUT2D eigenvalue weighted by atomic mass is 9.94. The first kappa shape index (κ1) is 21.9. The van der Waals surface area contributed by atoms with Gasteiger partial charge in [0, 0.05) is 51.8 Å². The Balaban J connectivity index is 1.33. The molecule has 1 unspecified atom stereocenters. The molecule has 0 bridgehead atoms. The van der Waals surface area contributed by atoms with Crippen LogP contribution in [0.15, 0.2) is 29.3 Å². The molecule has 2 heterocycles. The van der Waals surface area contributed by atoms with E-state index < -0.39 is 11.7 Å². The molecule has 170 valence electrons. The van der Waals surface area contributed by atoms with E-state index in [-0.39, 0.29) is 17.4 Å². The largest absolute Gasteiger partial charge is 0.416 e. The Morgan fingerprint density at radius 1 is 1.23 bits per heavy atom. The Kier molecular flexibility index (Phi) is 6.14. The maximum absolute atomic E-state index is 13.1. The Labute approximate surface area is 180 Å². The summed E-state index contributed by atoms with van der Waals surface area (Å²) in [4.78, 5) is 20.8. The molecule has 0 spiro atoms. The first-order chi connectivity index (χ1) is 14.8. The van der Waals surface area contributed by atoms with Crippen molar-refractivity contribution in [3.05, 3.63) is 35.4 Å². The highest BCUT2D eigenvalue weighted by Gasteiger charge is 2.45. The second-order valence-corrected chi connectivity index (χ2v) is 8.57. The molecule has 31 heavy (non-hydrogen) atoms. The first-order valence-corrected chi connectivity index (χ1v) is 10.9. The number of nitrogens with one attached hydrogen (secondary N) is 1. The van der Waals surface area contributed by atoms with Gasteiger partial charge >= 0.3 is 6.18 Å². The van der Waals surface area contributed by atoms with E-state index in [1.165, 1.54) is 12.1 Å². The van der Waals surface area contributed by atoms with Gasteiger partial charge in [0.2, 0.25) is 0 Å². The van der Waals surface area contributed by atoms with Gasteiger partial charge in [-0.1, -0.05) is 18.2 Å². The molecule has 1 saturated carbocycles. The van der Waals surface area contributed by atoms with Gasteiger partial charge in [0.1, 0.15) is 6.10 Å². The Bertz CT molecular complexity index is 824. The minimum atomic E-state index is -4.34. The second kappa shape index (κ2) is 8.68. The van der Waals surface area contributed by atoms with Crippen LogP contribution < -0.4 is 5.32 Å². The minimum Gasteiger partial charge on any atom is -0.368 e. The predicted molar refractivity (Wildman–Crippen MR) is 111 cm³/mol. The highest BCUT2D eigenvalue weighted by Crippen LogP contribution is 2.48. The van der Waals surface area contributed by atoms with E-state index in [1.807, 2.05) is 4.90 Å². The molecule has 3 fully saturated rings. The monoisotopic (exact) mass is 438 g/mol. The Morgan fingerprint density at radius 3 is 2.52 bits per heavy atom. The summed E-state index contributed by atoms with van der Waals surface area (Å²) in [6.45, 7) is 3.73. The lowest BCUT2D eigenvalue weighted by Crippen LogP contribution is -2.55. The molecule has 1 aromatic rings. The number of guanidine groups is 1. The molecule has 1 aromatic carbocycles. The van der Waals surface area contributed by atoms with Crippen molar-refractivity contribution in [1.82, 2.24) is 15.1 Å². The van der Waals surface area contributed by atoms with Crippen molar-refractivity contribution in [3.63, 3.8) is 0 Å². The summed E-state index contributed by atoms with van der Waals surface area (Å²) >= 11 is 0. The topological polar surface area (TPSA) is 57.2 Å². The van der Waals surface area contributed by atoms with Crippen molar-refractivity contribution in [1.29, 1.82) is 0 Å². The summed E-state index contributed by atoms with van der Waals surface area (Å²) in [5, 5.41) is 3.36. The van der Waals surface area contributed by atoms with Gasteiger partial charge in [0.25, 0.3) is 5.91 Å². The zero-order valence-corrected chi connectivity index (χ0v) is 17.7. The number of rotatable bonds is 4. The zero-order chi connectivity index (χ0) is 22.1. The maximum atomic E-state index is 13.1. The second-order valence-electron chi connectivity index (χ2n) is 8.57. The highest BCUT2D eigenvalue weighted by molar-refractivity contribution is 5.83. The summed E-state index contributed by atoms with van der Waals surface area (Å²) in [6.07, 6.45) is -1.22. The zero-order valence-electron chi connectivity index (χ0n) is 17.7. The number of nitrogens with zero attached hydrogens (tertiary/aromatic N) is 3. The van der Waals surface area contributed by atoms with Crippen LogP contribution in [0.4, 0.5) is 13.2 Å². The van der Waals surface area contributed by atoms with Crippen molar-refractivity contribution in [2.75, 3.05) is 46.4 Å². The highest BCUT2D eigenvalue weighted by atomic mass is 19.4. The van der Waals surface area contributed by atoms with Crippen LogP contribution in [0.25, 0.3) is 0 Å². The number of hydrogen-bond acceptors (Lipinski definition) is 3. The normalized spacial score (nSPS) is 23.7. The van der Waals surface area contributed by atoms with Crippen molar-refractivity contribution < 1.29 is 22.7 Å². The average molecular weight is 438 g/mol. The number of hydrogen-bond donors (Lipinski definition) is 1. The number of carbonyl (C=O) groups is 1. The number of alkyl halides is 3. The van der Waals surface area contributed by atoms with Gasteiger partial charge < -0.3 is 19.9 Å². The molecule has 0 aromatic heterocycles. The Morgan fingerprint density at radius 2 is 1.94 bits per heavy atom. The van der Waals surface area contributed by atoms with Crippen molar-refractivity contribution in [2.24, 2.45) is 4.99 Å². The van der Waals surface area contributed by atoms with E-state index in [9.17, 15) is 18.0 Å². The van der Waals surface area contributed by atoms with E-state index in [1.54, 1.807) is 13.1 Å². The van der Waals surface area contributed by atoms with Gasteiger partial charge in [0.05, 0.1) is 5.56 Å². The first-order valence-electron chi connectivity index (χ1n) is 10.9. The molecule has 1 N–H and O–H groups in total. The lowest BCUT2D eigenvalue weighted by molar-refractivity contribution is -0.142. The van der Waals surface area contributed by atoms with Crippen molar-refractivity contribution >= 4 is 11.9 Å². The quantitative estimate of drug-likeness (QED) is 0.580. The number of benzene rings is 1. The van der Waals surface area contributed by atoms with Crippen LogP contribution in [0.3, 0.4) is 0 Å². The number of aliphatic imine (C=N–C) groups is 1. The molecule has 1 amide bonds.